The quantitative estimate of drug-likeness (QED) is 0.518. The molecule has 0 amide bonds. The lowest BCUT2D eigenvalue weighted by molar-refractivity contribution is -0.133. The molecule has 0 radical (unpaired) electrons. The fourth-order valence-corrected chi connectivity index (χ4v) is 4.08. The summed E-state index contributed by atoms with van der Waals surface area (Å²) in [5.41, 5.74) is -0.341. The van der Waals surface area contributed by atoms with Crippen LogP contribution in [0.25, 0.3) is 5.76 Å². The molecule has 3 rings (SSSR count). The molecule has 0 aromatic heterocycles. The summed E-state index contributed by atoms with van der Waals surface area (Å²) in [5.74, 6) is -0.756. The van der Waals surface area contributed by atoms with Gasteiger partial charge in [-0.25, -0.2) is 8.42 Å². The third-order valence-electron chi connectivity index (χ3n) is 4.48. The zero-order valence-electron chi connectivity index (χ0n) is 15.7. The predicted octanol–water partition coefficient (Wildman–Crippen LogP) is 3.02. The summed E-state index contributed by atoms with van der Waals surface area (Å²) in [6.07, 6.45) is 5.27. The van der Waals surface area contributed by atoms with Gasteiger partial charge in [-0.05, 0) is 36.8 Å². The van der Waals surface area contributed by atoms with Gasteiger partial charge < -0.3 is 10.2 Å². The summed E-state index contributed by atoms with van der Waals surface area (Å²) in [4.78, 5) is 12.2. The van der Waals surface area contributed by atoms with Gasteiger partial charge in [0.25, 0.3) is 0 Å². The molecule has 1 aliphatic carbocycles. The minimum atomic E-state index is -4.11. The number of aliphatic hydroxyl groups excluding tert-OH is 1. The van der Waals surface area contributed by atoms with Crippen LogP contribution in [0.5, 0.6) is 0 Å². The van der Waals surface area contributed by atoms with Crippen LogP contribution in [-0.2, 0) is 14.8 Å². The molecule has 150 valence electrons. The summed E-state index contributed by atoms with van der Waals surface area (Å²) < 4.78 is 27.3. The van der Waals surface area contributed by atoms with Gasteiger partial charge in [0.05, 0.1) is 4.90 Å². The second-order valence-corrected chi connectivity index (χ2v) is 8.50. The van der Waals surface area contributed by atoms with Gasteiger partial charge in [0.2, 0.25) is 15.8 Å². The molecule has 0 heterocycles. The number of carbonyl (C=O) groups excluding carboxylic acids is 1. The third kappa shape index (κ3) is 4.89. The highest BCUT2D eigenvalue weighted by Crippen LogP contribution is 2.25. The first kappa shape index (κ1) is 20.7. The van der Waals surface area contributed by atoms with Gasteiger partial charge in [0, 0.05) is 12.0 Å². The standard InChI is InChI=1S/C22H21NO5S/c1-16-7-11-19(12-8-16)29(27,28)23-22(26)15-17(10-14-21(22)25)9-13-20(24)18-5-3-2-4-6-18/h2-14,23-24,26H,15H2,1H3. The second kappa shape index (κ2) is 8.16. The van der Waals surface area contributed by atoms with E-state index < -0.39 is 21.5 Å². The van der Waals surface area contributed by atoms with Gasteiger partial charge in [-0.2, -0.15) is 4.72 Å². The van der Waals surface area contributed by atoms with E-state index in [4.69, 9.17) is 0 Å². The van der Waals surface area contributed by atoms with Crippen LogP contribution in [0.15, 0.2) is 89.4 Å². The van der Waals surface area contributed by atoms with E-state index in [2.05, 4.69) is 4.72 Å². The Morgan fingerprint density at radius 3 is 2.38 bits per heavy atom. The maximum atomic E-state index is 12.6. The molecule has 1 unspecified atom stereocenters. The average molecular weight is 411 g/mol. The Kier molecular flexibility index (Phi) is 5.83. The molecule has 0 saturated heterocycles. The summed E-state index contributed by atoms with van der Waals surface area (Å²) in [5, 5.41) is 20.9. The third-order valence-corrected chi connectivity index (χ3v) is 5.97. The number of benzene rings is 2. The average Bonchev–Trinajstić information content (AvgIpc) is 2.69. The number of carbonyl (C=O) groups is 1. The molecule has 6 nitrogen and oxygen atoms in total. The number of aliphatic hydroxyl groups is 2. The SMILES string of the molecule is Cc1ccc(S(=O)(=O)NC2(O)CC(=CC=C(O)c3ccccc3)C=CC2=O)cc1. The highest BCUT2D eigenvalue weighted by atomic mass is 32.2. The highest BCUT2D eigenvalue weighted by Gasteiger charge is 2.41. The molecular weight excluding hydrogens is 390 g/mol. The Hall–Kier alpha value is -3.00. The van der Waals surface area contributed by atoms with E-state index in [1.807, 2.05) is 13.0 Å². The van der Waals surface area contributed by atoms with E-state index >= 15 is 0 Å². The van der Waals surface area contributed by atoms with E-state index in [1.165, 1.54) is 30.4 Å². The Bertz CT molecular complexity index is 1100. The molecule has 3 N–H and O–H groups in total. The summed E-state index contributed by atoms with van der Waals surface area (Å²) >= 11 is 0. The molecule has 2 aromatic rings. The van der Waals surface area contributed by atoms with Crippen LogP contribution in [0.3, 0.4) is 0 Å². The number of aryl methyl sites for hydroxylation is 1. The first-order valence-electron chi connectivity index (χ1n) is 8.90. The molecule has 0 spiro atoms. The van der Waals surface area contributed by atoms with Crippen molar-refractivity contribution in [1.29, 1.82) is 0 Å². The fourth-order valence-electron chi connectivity index (χ4n) is 2.85. The normalized spacial score (nSPS) is 21.5. The molecule has 29 heavy (non-hydrogen) atoms. The van der Waals surface area contributed by atoms with Crippen molar-refractivity contribution in [3.63, 3.8) is 0 Å². The number of hydrogen-bond donors (Lipinski definition) is 3. The van der Waals surface area contributed by atoms with Crippen molar-refractivity contribution < 1.29 is 23.4 Å². The van der Waals surface area contributed by atoms with Gasteiger partial charge >= 0.3 is 0 Å². The van der Waals surface area contributed by atoms with Gasteiger partial charge in [-0.1, -0.05) is 60.2 Å². The molecule has 0 fully saturated rings. The van der Waals surface area contributed by atoms with Gasteiger partial charge in [0.15, 0.2) is 5.72 Å². The zero-order chi connectivity index (χ0) is 21.1. The van der Waals surface area contributed by atoms with Crippen molar-refractivity contribution in [3.8, 4) is 0 Å². The van der Waals surface area contributed by atoms with E-state index in [1.54, 1.807) is 36.4 Å². The summed E-state index contributed by atoms with van der Waals surface area (Å²) in [7, 11) is -4.11. The number of ketones is 1. The van der Waals surface area contributed by atoms with Gasteiger partial charge in [-0.3, -0.25) is 4.79 Å². The van der Waals surface area contributed by atoms with Crippen molar-refractivity contribution in [2.24, 2.45) is 0 Å². The molecule has 1 aliphatic rings. The van der Waals surface area contributed by atoms with Crippen LogP contribution in [0.4, 0.5) is 0 Å². The molecule has 2 aromatic carbocycles. The first-order chi connectivity index (χ1) is 13.7. The van der Waals surface area contributed by atoms with E-state index in [-0.39, 0.29) is 17.1 Å². The van der Waals surface area contributed by atoms with E-state index in [0.717, 1.165) is 11.6 Å². The zero-order valence-corrected chi connectivity index (χ0v) is 16.6. The molecule has 1 atom stereocenters. The van der Waals surface area contributed by atoms with E-state index in [9.17, 15) is 23.4 Å². The number of allylic oxidation sites excluding steroid dienone is 3. The topological polar surface area (TPSA) is 104 Å². The van der Waals surface area contributed by atoms with Crippen molar-refractivity contribution >= 4 is 21.6 Å². The van der Waals surface area contributed by atoms with Crippen molar-refractivity contribution in [1.82, 2.24) is 4.72 Å². The highest BCUT2D eigenvalue weighted by molar-refractivity contribution is 7.89. The minimum absolute atomic E-state index is 0.00664. The summed E-state index contributed by atoms with van der Waals surface area (Å²) in [6.45, 7) is 1.82. The Morgan fingerprint density at radius 2 is 1.72 bits per heavy atom. The minimum Gasteiger partial charge on any atom is -0.507 e. The molecule has 0 aliphatic heterocycles. The van der Waals surface area contributed by atoms with Crippen molar-refractivity contribution in [2.45, 2.75) is 24.0 Å². The van der Waals surface area contributed by atoms with Gasteiger partial charge in [0.1, 0.15) is 5.76 Å². The smallest absolute Gasteiger partial charge is 0.243 e. The maximum absolute atomic E-state index is 12.6. The lowest BCUT2D eigenvalue weighted by atomic mass is 9.92. The van der Waals surface area contributed by atoms with Crippen molar-refractivity contribution in [2.75, 3.05) is 0 Å². The fraction of sp³-hybridized carbons (Fsp3) is 0.136. The van der Waals surface area contributed by atoms with Crippen LogP contribution in [0.2, 0.25) is 0 Å². The maximum Gasteiger partial charge on any atom is 0.243 e. The van der Waals surface area contributed by atoms with Crippen molar-refractivity contribution in [3.05, 3.63) is 95.6 Å². The lowest BCUT2D eigenvalue weighted by Gasteiger charge is -2.29. The molecular formula is C22H21NO5S. The molecule has 0 bridgehead atoms. The second-order valence-electron chi connectivity index (χ2n) is 6.81. The van der Waals surface area contributed by atoms with Crippen LogP contribution in [0.1, 0.15) is 17.5 Å². The van der Waals surface area contributed by atoms with Crippen LogP contribution in [0, 0.1) is 6.92 Å². The number of nitrogens with one attached hydrogen (secondary N) is 1. The predicted molar refractivity (Wildman–Crippen MR) is 110 cm³/mol. The molecule has 0 saturated carbocycles. The lowest BCUT2D eigenvalue weighted by Crippen LogP contribution is -2.55. The number of sulfonamides is 1. The van der Waals surface area contributed by atoms with Crippen LogP contribution >= 0.6 is 0 Å². The first-order valence-corrected chi connectivity index (χ1v) is 10.4. The number of hydrogen-bond acceptors (Lipinski definition) is 5. The van der Waals surface area contributed by atoms with Crippen LogP contribution in [-0.4, -0.2) is 30.1 Å². The summed E-state index contributed by atoms with van der Waals surface area (Å²) in [6, 6.07) is 14.9. The van der Waals surface area contributed by atoms with Gasteiger partial charge in [-0.15, -0.1) is 0 Å². The Balaban J connectivity index is 1.84. The Morgan fingerprint density at radius 1 is 1.07 bits per heavy atom. The van der Waals surface area contributed by atoms with Crippen LogP contribution < -0.4 is 4.72 Å². The molecule has 7 heteroatoms. The monoisotopic (exact) mass is 411 g/mol. The largest absolute Gasteiger partial charge is 0.507 e. The Labute approximate surface area is 169 Å². The number of rotatable bonds is 5. The van der Waals surface area contributed by atoms with E-state index in [0.29, 0.717) is 11.1 Å².